The van der Waals surface area contributed by atoms with Gasteiger partial charge in [-0.2, -0.15) is 0 Å². The zero-order valence-corrected chi connectivity index (χ0v) is 8.42. The Kier molecular flexibility index (Phi) is 1.87. The number of ketones is 1. The monoisotopic (exact) mass is 214 g/mol. The van der Waals surface area contributed by atoms with E-state index in [1.54, 1.807) is 24.3 Å². The highest BCUT2D eigenvalue weighted by Gasteiger charge is 2.36. The molecule has 0 aromatic heterocycles. The number of benzene rings is 1. The maximum absolute atomic E-state index is 12.0. The second-order valence-corrected chi connectivity index (χ2v) is 4.00. The fourth-order valence-electron chi connectivity index (χ4n) is 2.28. The van der Waals surface area contributed by atoms with Crippen LogP contribution in [0.3, 0.4) is 0 Å². The largest absolute Gasteiger partial charge is 0.386 e. The Morgan fingerprint density at radius 2 is 1.75 bits per heavy atom. The first-order valence-electron chi connectivity index (χ1n) is 5.13. The summed E-state index contributed by atoms with van der Waals surface area (Å²) < 4.78 is 0. The van der Waals surface area contributed by atoms with Crippen molar-refractivity contribution in [1.82, 2.24) is 0 Å². The van der Waals surface area contributed by atoms with Crippen molar-refractivity contribution in [3.63, 3.8) is 0 Å². The minimum Gasteiger partial charge on any atom is -0.386 e. The standard InChI is InChI=1S/C13H10O3/c14-10-6-5-9-11(13(10)16)7-3-1-2-4-8(7)12(9)15/h1-6,10,13-14,16H. The quantitative estimate of drug-likeness (QED) is 0.675. The molecule has 0 heterocycles. The molecular formula is C13H10O3. The molecule has 2 aliphatic carbocycles. The van der Waals surface area contributed by atoms with Gasteiger partial charge in [-0.1, -0.05) is 36.4 Å². The second kappa shape index (κ2) is 3.14. The number of fused-ring (bicyclic) bond motifs is 2. The van der Waals surface area contributed by atoms with E-state index in [1.807, 2.05) is 6.07 Å². The van der Waals surface area contributed by atoms with Crippen molar-refractivity contribution in [1.29, 1.82) is 0 Å². The van der Waals surface area contributed by atoms with Crippen molar-refractivity contribution in [2.24, 2.45) is 0 Å². The molecule has 0 saturated heterocycles. The number of hydrogen-bond acceptors (Lipinski definition) is 3. The smallest absolute Gasteiger partial charge is 0.194 e. The van der Waals surface area contributed by atoms with Gasteiger partial charge in [-0.05, 0) is 5.56 Å². The van der Waals surface area contributed by atoms with E-state index in [4.69, 9.17) is 0 Å². The maximum Gasteiger partial charge on any atom is 0.194 e. The predicted octanol–water partition coefficient (Wildman–Crippen LogP) is 0.928. The molecule has 0 amide bonds. The van der Waals surface area contributed by atoms with Crippen LogP contribution in [0.15, 0.2) is 42.0 Å². The number of hydrogen-bond donors (Lipinski definition) is 2. The fraction of sp³-hybridized carbons (Fsp3) is 0.154. The van der Waals surface area contributed by atoms with E-state index in [2.05, 4.69) is 0 Å². The molecule has 1 aromatic carbocycles. The average molecular weight is 214 g/mol. The summed E-state index contributed by atoms with van der Waals surface area (Å²) in [6, 6.07) is 7.15. The van der Waals surface area contributed by atoms with Gasteiger partial charge in [0, 0.05) is 16.7 Å². The van der Waals surface area contributed by atoms with Crippen molar-refractivity contribution in [2.45, 2.75) is 12.2 Å². The van der Waals surface area contributed by atoms with Gasteiger partial charge in [0.25, 0.3) is 0 Å². The molecule has 1 aromatic rings. The lowest BCUT2D eigenvalue weighted by molar-refractivity contribution is 0.0850. The number of rotatable bonds is 0. The number of allylic oxidation sites excluding steroid dienone is 2. The summed E-state index contributed by atoms with van der Waals surface area (Å²) in [4.78, 5) is 12.0. The molecule has 80 valence electrons. The van der Waals surface area contributed by atoms with Crippen LogP contribution in [0.2, 0.25) is 0 Å². The van der Waals surface area contributed by atoms with Gasteiger partial charge in [0.2, 0.25) is 0 Å². The molecule has 2 atom stereocenters. The van der Waals surface area contributed by atoms with E-state index in [9.17, 15) is 15.0 Å². The van der Waals surface area contributed by atoms with Crippen LogP contribution in [-0.2, 0) is 0 Å². The van der Waals surface area contributed by atoms with Crippen molar-refractivity contribution in [2.75, 3.05) is 0 Å². The minimum atomic E-state index is -1.01. The Bertz CT molecular complexity index is 540. The predicted molar refractivity (Wildman–Crippen MR) is 58.8 cm³/mol. The normalized spacial score (nSPS) is 27.0. The average Bonchev–Trinajstić information content (AvgIpc) is 2.59. The molecule has 3 nitrogen and oxygen atoms in total. The van der Waals surface area contributed by atoms with Crippen LogP contribution in [0.4, 0.5) is 0 Å². The first kappa shape index (κ1) is 9.51. The molecule has 3 heteroatoms. The Balaban J connectivity index is 2.25. The second-order valence-electron chi connectivity index (χ2n) is 4.00. The topological polar surface area (TPSA) is 57.5 Å². The third kappa shape index (κ3) is 1.07. The Morgan fingerprint density at radius 3 is 2.50 bits per heavy atom. The first-order chi connectivity index (χ1) is 7.70. The lowest BCUT2D eigenvalue weighted by Gasteiger charge is -2.21. The van der Waals surface area contributed by atoms with Gasteiger partial charge in [-0.15, -0.1) is 0 Å². The number of carbonyl (C=O) groups is 1. The zero-order valence-electron chi connectivity index (χ0n) is 8.42. The molecule has 2 aliphatic rings. The van der Waals surface area contributed by atoms with Gasteiger partial charge < -0.3 is 10.2 Å². The van der Waals surface area contributed by atoms with Crippen LogP contribution in [-0.4, -0.2) is 28.2 Å². The van der Waals surface area contributed by atoms with Gasteiger partial charge in [0.1, 0.15) is 12.2 Å². The Labute approximate surface area is 92.3 Å². The van der Waals surface area contributed by atoms with E-state index in [0.29, 0.717) is 16.7 Å². The van der Waals surface area contributed by atoms with Crippen LogP contribution in [0.25, 0.3) is 5.57 Å². The summed E-state index contributed by atoms with van der Waals surface area (Å²) in [7, 11) is 0. The maximum atomic E-state index is 12.0. The van der Waals surface area contributed by atoms with Crippen LogP contribution in [0, 0.1) is 0 Å². The number of aliphatic hydroxyl groups is 2. The Morgan fingerprint density at radius 1 is 1.06 bits per heavy atom. The summed E-state index contributed by atoms with van der Waals surface area (Å²) in [5, 5.41) is 19.5. The van der Waals surface area contributed by atoms with Crippen LogP contribution in [0.1, 0.15) is 15.9 Å². The van der Waals surface area contributed by atoms with Crippen LogP contribution < -0.4 is 0 Å². The van der Waals surface area contributed by atoms with Crippen molar-refractivity contribution >= 4 is 11.4 Å². The molecule has 0 aliphatic heterocycles. The van der Waals surface area contributed by atoms with E-state index in [0.717, 1.165) is 5.56 Å². The van der Waals surface area contributed by atoms with Gasteiger partial charge in [-0.25, -0.2) is 0 Å². The zero-order chi connectivity index (χ0) is 11.3. The SMILES string of the molecule is O=C1C2=C(c3ccccc31)C(O)C(O)C=C2. The molecule has 0 fully saturated rings. The van der Waals surface area contributed by atoms with Crippen molar-refractivity contribution in [3.8, 4) is 0 Å². The van der Waals surface area contributed by atoms with Gasteiger partial charge >= 0.3 is 0 Å². The molecule has 0 saturated carbocycles. The van der Waals surface area contributed by atoms with Crippen molar-refractivity contribution < 1.29 is 15.0 Å². The van der Waals surface area contributed by atoms with Gasteiger partial charge in [-0.3, -0.25) is 4.79 Å². The third-order valence-electron chi connectivity index (χ3n) is 3.08. The summed E-state index contributed by atoms with van der Waals surface area (Å²) in [5.41, 5.74) is 2.39. The van der Waals surface area contributed by atoms with Crippen LogP contribution in [0.5, 0.6) is 0 Å². The summed E-state index contributed by atoms with van der Waals surface area (Å²) in [6.07, 6.45) is 1.10. The molecule has 0 spiro atoms. The van der Waals surface area contributed by atoms with Gasteiger partial charge in [0.05, 0.1) is 0 Å². The molecule has 3 rings (SSSR count). The van der Waals surface area contributed by atoms with E-state index in [-0.39, 0.29) is 5.78 Å². The first-order valence-corrected chi connectivity index (χ1v) is 5.13. The lowest BCUT2D eigenvalue weighted by Crippen LogP contribution is -2.27. The van der Waals surface area contributed by atoms with E-state index >= 15 is 0 Å². The highest BCUT2D eigenvalue weighted by Crippen LogP contribution is 2.38. The van der Waals surface area contributed by atoms with Crippen molar-refractivity contribution in [3.05, 3.63) is 53.1 Å². The van der Waals surface area contributed by atoms with Gasteiger partial charge in [0.15, 0.2) is 5.78 Å². The number of aliphatic hydroxyl groups excluding tert-OH is 2. The molecule has 2 N–H and O–H groups in total. The highest BCUT2D eigenvalue weighted by molar-refractivity contribution is 6.23. The van der Waals surface area contributed by atoms with E-state index < -0.39 is 12.2 Å². The molecule has 0 bridgehead atoms. The summed E-state index contributed by atoms with van der Waals surface area (Å²) in [6.45, 7) is 0. The fourth-order valence-corrected chi connectivity index (χ4v) is 2.28. The third-order valence-corrected chi connectivity index (χ3v) is 3.08. The molecule has 2 unspecified atom stereocenters. The summed E-state index contributed by atoms with van der Waals surface area (Å²) >= 11 is 0. The summed E-state index contributed by atoms with van der Waals surface area (Å²) in [5.74, 6) is -0.0761. The molecule has 16 heavy (non-hydrogen) atoms. The molecule has 0 radical (unpaired) electrons. The van der Waals surface area contributed by atoms with Crippen LogP contribution >= 0.6 is 0 Å². The Hall–Kier alpha value is -1.71. The highest BCUT2D eigenvalue weighted by atomic mass is 16.3. The lowest BCUT2D eigenvalue weighted by atomic mass is 9.92. The number of carbonyl (C=O) groups excluding carboxylic acids is 1. The minimum absolute atomic E-state index is 0.0761. The number of Topliss-reactive ketones (excluding diaryl/α,β-unsaturated/α-hetero) is 1. The molecular weight excluding hydrogens is 204 g/mol. The van der Waals surface area contributed by atoms with E-state index in [1.165, 1.54) is 6.08 Å².